The molecule has 2 aliphatic rings. The maximum absolute atomic E-state index is 6.32. The van der Waals surface area contributed by atoms with E-state index in [-0.39, 0.29) is 0 Å². The summed E-state index contributed by atoms with van der Waals surface area (Å²) in [6.45, 7) is 8.14. The molecule has 138 valence electrons. The van der Waals surface area contributed by atoms with E-state index in [4.69, 9.17) is 9.47 Å². The van der Waals surface area contributed by atoms with E-state index < -0.39 is 0 Å². The Hall–Kier alpha value is -2.00. The molecule has 0 bridgehead atoms. The Kier molecular flexibility index (Phi) is 5.16. The van der Waals surface area contributed by atoms with Gasteiger partial charge < -0.3 is 9.47 Å². The molecule has 2 aliphatic heterocycles. The quantitative estimate of drug-likeness (QED) is 0.763. The van der Waals surface area contributed by atoms with Crippen LogP contribution in [-0.2, 0) is 6.61 Å². The Morgan fingerprint density at radius 2 is 2.04 bits per heavy atom. The number of ether oxygens (including phenoxy) is 2. The molecule has 1 fully saturated rings. The maximum atomic E-state index is 6.32. The molecule has 0 amide bonds. The lowest BCUT2D eigenvalue weighted by molar-refractivity contribution is 0.0640. The van der Waals surface area contributed by atoms with E-state index >= 15 is 0 Å². The predicted octanol–water partition coefficient (Wildman–Crippen LogP) is 4.92. The van der Waals surface area contributed by atoms with Crippen molar-refractivity contribution in [3.8, 4) is 11.5 Å². The highest BCUT2D eigenvalue weighted by atomic mass is 16.5. The largest absolute Gasteiger partial charge is 0.491 e. The summed E-state index contributed by atoms with van der Waals surface area (Å²) in [7, 11) is 0. The number of hydrogen-bond donors (Lipinski definition) is 0. The van der Waals surface area contributed by atoms with E-state index in [2.05, 4.69) is 55.1 Å². The third kappa shape index (κ3) is 3.45. The molecular weight excluding hydrogens is 322 g/mol. The van der Waals surface area contributed by atoms with Gasteiger partial charge in [0.05, 0.1) is 6.04 Å². The first-order valence-electron chi connectivity index (χ1n) is 9.94. The highest BCUT2D eigenvalue weighted by molar-refractivity contribution is 5.52. The van der Waals surface area contributed by atoms with Crippen LogP contribution in [0.4, 0.5) is 0 Å². The summed E-state index contributed by atoms with van der Waals surface area (Å²) in [4.78, 5) is 2.62. The van der Waals surface area contributed by atoms with Gasteiger partial charge in [-0.15, -0.1) is 0 Å². The molecule has 2 atom stereocenters. The monoisotopic (exact) mass is 351 g/mol. The van der Waals surface area contributed by atoms with E-state index in [1.807, 2.05) is 6.07 Å². The zero-order valence-electron chi connectivity index (χ0n) is 15.9. The highest BCUT2D eigenvalue weighted by Crippen LogP contribution is 2.46. The van der Waals surface area contributed by atoms with Gasteiger partial charge in [0.25, 0.3) is 0 Å². The molecule has 0 aromatic heterocycles. The molecule has 2 aromatic rings. The molecule has 0 radical (unpaired) electrons. The van der Waals surface area contributed by atoms with Gasteiger partial charge in [0.15, 0.2) is 0 Å². The molecule has 0 N–H and O–H groups in total. The molecule has 1 saturated heterocycles. The third-order valence-corrected chi connectivity index (χ3v) is 5.67. The van der Waals surface area contributed by atoms with Gasteiger partial charge in [-0.3, -0.25) is 4.90 Å². The standard InChI is InChI=1S/C23H29NO2/c1-3-11-24-12-7-10-19-20(24)16-26-22-14-17(2)13-21(23(19)22)25-15-18-8-5-4-6-9-18/h4-6,8-9,13-14,19-20H,3,7,10-12,15-16H2,1-2H3/t19-,20+/m0/s1. The van der Waals surface area contributed by atoms with Crippen molar-refractivity contribution in [1.29, 1.82) is 0 Å². The lowest BCUT2D eigenvalue weighted by atomic mass is 9.81. The molecule has 0 saturated carbocycles. The average molecular weight is 351 g/mol. The lowest BCUT2D eigenvalue weighted by Gasteiger charge is -2.45. The van der Waals surface area contributed by atoms with E-state index in [1.54, 1.807) is 0 Å². The Bertz CT molecular complexity index is 741. The van der Waals surface area contributed by atoms with Crippen LogP contribution in [0.3, 0.4) is 0 Å². The first-order valence-corrected chi connectivity index (χ1v) is 9.94. The summed E-state index contributed by atoms with van der Waals surface area (Å²) in [5, 5.41) is 0. The Morgan fingerprint density at radius 1 is 1.19 bits per heavy atom. The summed E-state index contributed by atoms with van der Waals surface area (Å²) >= 11 is 0. The molecule has 0 spiro atoms. The van der Waals surface area contributed by atoms with Crippen molar-refractivity contribution >= 4 is 0 Å². The number of fused-ring (bicyclic) bond motifs is 3. The van der Waals surface area contributed by atoms with Crippen LogP contribution in [0.2, 0.25) is 0 Å². The zero-order valence-corrected chi connectivity index (χ0v) is 15.9. The minimum atomic E-state index is 0.484. The molecule has 2 heterocycles. The Balaban J connectivity index is 1.63. The van der Waals surface area contributed by atoms with Crippen LogP contribution in [0.15, 0.2) is 42.5 Å². The van der Waals surface area contributed by atoms with Crippen LogP contribution in [0.5, 0.6) is 11.5 Å². The molecule has 4 rings (SSSR count). The summed E-state index contributed by atoms with van der Waals surface area (Å²) < 4.78 is 12.5. The van der Waals surface area contributed by atoms with E-state index in [0.29, 0.717) is 18.6 Å². The van der Waals surface area contributed by atoms with Crippen molar-refractivity contribution in [3.05, 3.63) is 59.2 Å². The fraction of sp³-hybridized carbons (Fsp3) is 0.478. The lowest BCUT2D eigenvalue weighted by Crippen LogP contribution is -2.49. The second kappa shape index (κ2) is 7.71. The van der Waals surface area contributed by atoms with Gasteiger partial charge >= 0.3 is 0 Å². The Morgan fingerprint density at radius 3 is 2.85 bits per heavy atom. The number of piperidine rings is 1. The zero-order chi connectivity index (χ0) is 17.9. The van der Waals surface area contributed by atoms with E-state index in [9.17, 15) is 0 Å². The number of rotatable bonds is 5. The summed E-state index contributed by atoms with van der Waals surface area (Å²) in [6, 6.07) is 15.3. The maximum Gasteiger partial charge on any atom is 0.127 e. The summed E-state index contributed by atoms with van der Waals surface area (Å²) in [6.07, 6.45) is 3.68. The third-order valence-electron chi connectivity index (χ3n) is 5.67. The number of nitrogens with zero attached hydrogens (tertiary/aromatic N) is 1. The fourth-order valence-electron chi connectivity index (χ4n) is 4.50. The van der Waals surface area contributed by atoms with E-state index in [0.717, 1.165) is 24.7 Å². The Labute approximate surface area is 156 Å². The first kappa shape index (κ1) is 17.4. The molecule has 26 heavy (non-hydrogen) atoms. The molecular formula is C23H29NO2. The molecule has 0 aliphatic carbocycles. The van der Waals surface area contributed by atoms with Crippen molar-refractivity contribution in [2.24, 2.45) is 0 Å². The topological polar surface area (TPSA) is 21.7 Å². The number of benzene rings is 2. The second-order valence-corrected chi connectivity index (χ2v) is 7.61. The SMILES string of the molecule is CCCN1CCC[C@@H]2c3c(OCc4ccccc4)cc(C)cc3OC[C@H]21. The minimum absolute atomic E-state index is 0.484. The van der Waals surface area contributed by atoms with Crippen molar-refractivity contribution in [2.45, 2.75) is 51.7 Å². The smallest absolute Gasteiger partial charge is 0.127 e. The van der Waals surface area contributed by atoms with Gasteiger partial charge in [0, 0.05) is 11.5 Å². The van der Waals surface area contributed by atoms with Crippen molar-refractivity contribution in [3.63, 3.8) is 0 Å². The van der Waals surface area contributed by atoms with Crippen LogP contribution < -0.4 is 9.47 Å². The molecule has 0 unspecified atom stereocenters. The number of likely N-dealkylation sites (tertiary alicyclic amines) is 1. The van der Waals surface area contributed by atoms with Crippen LogP contribution in [0.1, 0.15) is 48.8 Å². The van der Waals surface area contributed by atoms with Crippen LogP contribution in [0.25, 0.3) is 0 Å². The van der Waals surface area contributed by atoms with Gasteiger partial charge in [0.2, 0.25) is 0 Å². The van der Waals surface area contributed by atoms with Gasteiger partial charge in [-0.25, -0.2) is 0 Å². The second-order valence-electron chi connectivity index (χ2n) is 7.61. The first-order chi connectivity index (χ1) is 12.8. The normalized spacial score (nSPS) is 22.2. The van der Waals surface area contributed by atoms with Crippen LogP contribution in [-0.4, -0.2) is 30.6 Å². The number of aryl methyl sites for hydroxylation is 1. The molecule has 3 heteroatoms. The van der Waals surface area contributed by atoms with Crippen molar-refractivity contribution in [1.82, 2.24) is 4.90 Å². The van der Waals surface area contributed by atoms with Gasteiger partial charge in [-0.2, -0.15) is 0 Å². The van der Waals surface area contributed by atoms with Gasteiger partial charge in [-0.05, 0) is 62.5 Å². The highest BCUT2D eigenvalue weighted by Gasteiger charge is 2.39. The summed E-state index contributed by atoms with van der Waals surface area (Å²) in [5.74, 6) is 2.56. The fourth-order valence-corrected chi connectivity index (χ4v) is 4.50. The predicted molar refractivity (Wildman–Crippen MR) is 105 cm³/mol. The summed E-state index contributed by atoms with van der Waals surface area (Å²) in [5.41, 5.74) is 3.70. The molecule has 3 nitrogen and oxygen atoms in total. The number of hydrogen-bond acceptors (Lipinski definition) is 3. The van der Waals surface area contributed by atoms with Crippen molar-refractivity contribution in [2.75, 3.05) is 19.7 Å². The van der Waals surface area contributed by atoms with Crippen LogP contribution >= 0.6 is 0 Å². The average Bonchev–Trinajstić information content (AvgIpc) is 2.67. The van der Waals surface area contributed by atoms with Crippen molar-refractivity contribution < 1.29 is 9.47 Å². The minimum Gasteiger partial charge on any atom is -0.491 e. The van der Waals surface area contributed by atoms with Gasteiger partial charge in [-0.1, -0.05) is 37.3 Å². The van der Waals surface area contributed by atoms with E-state index in [1.165, 1.54) is 42.5 Å². The molecule has 2 aromatic carbocycles. The van der Waals surface area contributed by atoms with Crippen LogP contribution in [0, 0.1) is 6.92 Å². The van der Waals surface area contributed by atoms with Gasteiger partial charge in [0.1, 0.15) is 24.7 Å².